The van der Waals surface area contributed by atoms with E-state index in [1.165, 1.54) is 12.1 Å². The second-order valence-electron chi connectivity index (χ2n) is 8.00. The molecule has 0 radical (unpaired) electrons. The highest BCUT2D eigenvalue weighted by molar-refractivity contribution is 5.93. The van der Waals surface area contributed by atoms with Crippen molar-refractivity contribution in [2.45, 2.75) is 38.6 Å². The Balaban J connectivity index is 1.39. The van der Waals surface area contributed by atoms with Gasteiger partial charge in [0.1, 0.15) is 29.0 Å². The van der Waals surface area contributed by atoms with Crippen molar-refractivity contribution in [3.63, 3.8) is 0 Å². The minimum absolute atomic E-state index is 0.113. The third kappa shape index (κ3) is 3.83. The number of benzene rings is 1. The van der Waals surface area contributed by atoms with Gasteiger partial charge < -0.3 is 13.7 Å². The molecular formula is C24H23FN4O2. The Hall–Kier alpha value is -3.48. The molecule has 1 aliphatic heterocycles. The van der Waals surface area contributed by atoms with E-state index in [0.717, 1.165) is 36.2 Å². The zero-order chi connectivity index (χ0) is 21.4. The number of piperidine rings is 1. The maximum Gasteiger partial charge on any atom is 0.274 e. The van der Waals surface area contributed by atoms with Gasteiger partial charge in [0.05, 0.1) is 6.20 Å². The van der Waals surface area contributed by atoms with Crippen LogP contribution in [-0.2, 0) is 6.42 Å². The molecular weight excluding hydrogens is 395 g/mol. The minimum Gasteiger partial charge on any atom is -0.443 e. The molecule has 1 unspecified atom stereocenters. The highest BCUT2D eigenvalue weighted by atomic mass is 19.1. The number of aromatic nitrogens is 3. The van der Waals surface area contributed by atoms with E-state index < -0.39 is 0 Å². The van der Waals surface area contributed by atoms with Crippen LogP contribution >= 0.6 is 0 Å². The number of carbonyl (C=O) groups excluding carboxylic acids is 1. The number of amides is 1. The van der Waals surface area contributed by atoms with Crippen molar-refractivity contribution < 1.29 is 13.6 Å². The first-order chi connectivity index (χ1) is 15.1. The molecule has 4 heterocycles. The van der Waals surface area contributed by atoms with Crippen LogP contribution in [0.15, 0.2) is 59.3 Å². The Morgan fingerprint density at radius 3 is 2.94 bits per heavy atom. The van der Waals surface area contributed by atoms with Gasteiger partial charge in [-0.05, 0) is 56.0 Å². The first-order valence-corrected chi connectivity index (χ1v) is 10.5. The van der Waals surface area contributed by atoms with Crippen molar-refractivity contribution in [2.24, 2.45) is 0 Å². The Bertz CT molecular complexity index is 1250. The lowest BCUT2D eigenvalue weighted by Gasteiger charge is -2.33. The van der Waals surface area contributed by atoms with Crippen molar-refractivity contribution in [2.75, 3.05) is 6.54 Å². The van der Waals surface area contributed by atoms with Crippen LogP contribution in [0.4, 0.5) is 4.39 Å². The number of nitrogens with zero attached hydrogens (tertiary/aromatic N) is 4. The maximum atomic E-state index is 13.5. The molecule has 1 saturated heterocycles. The van der Waals surface area contributed by atoms with Gasteiger partial charge in [-0.3, -0.25) is 4.79 Å². The highest BCUT2D eigenvalue weighted by Gasteiger charge is 2.33. The molecule has 3 aromatic heterocycles. The second-order valence-corrected chi connectivity index (χ2v) is 8.00. The molecule has 1 aliphatic rings. The molecule has 4 aromatic rings. The topological polar surface area (TPSA) is 63.6 Å². The number of pyridine rings is 1. The average Bonchev–Trinajstić information content (AvgIpc) is 3.41. The Kier molecular flexibility index (Phi) is 5.02. The van der Waals surface area contributed by atoms with Gasteiger partial charge in [0, 0.05) is 24.9 Å². The first kappa shape index (κ1) is 19.5. The number of hydrogen-bond acceptors (Lipinski definition) is 4. The molecule has 6 nitrogen and oxygen atoms in total. The number of hydrogen-bond donors (Lipinski definition) is 0. The third-order valence-electron chi connectivity index (χ3n) is 5.80. The van der Waals surface area contributed by atoms with E-state index in [9.17, 15) is 9.18 Å². The van der Waals surface area contributed by atoms with Gasteiger partial charge >= 0.3 is 0 Å². The van der Waals surface area contributed by atoms with Crippen molar-refractivity contribution in [1.29, 1.82) is 0 Å². The van der Waals surface area contributed by atoms with Crippen LogP contribution in [-0.4, -0.2) is 31.7 Å². The van der Waals surface area contributed by atoms with Crippen LogP contribution in [0.3, 0.4) is 0 Å². The summed E-state index contributed by atoms with van der Waals surface area (Å²) in [4.78, 5) is 24.1. The van der Waals surface area contributed by atoms with Crippen LogP contribution in [0.1, 0.15) is 58.7 Å². The van der Waals surface area contributed by atoms with Crippen LogP contribution in [0.5, 0.6) is 0 Å². The Morgan fingerprint density at radius 2 is 2.10 bits per heavy atom. The molecule has 0 N–H and O–H groups in total. The lowest BCUT2D eigenvalue weighted by molar-refractivity contribution is 0.0564. The Morgan fingerprint density at radius 1 is 1.23 bits per heavy atom. The van der Waals surface area contributed by atoms with Gasteiger partial charge in [-0.15, -0.1) is 0 Å². The van der Waals surface area contributed by atoms with Gasteiger partial charge in [0.2, 0.25) is 5.89 Å². The molecule has 1 fully saturated rings. The van der Waals surface area contributed by atoms with Crippen LogP contribution in [0.2, 0.25) is 0 Å². The second kappa shape index (κ2) is 7.98. The van der Waals surface area contributed by atoms with E-state index >= 15 is 0 Å². The maximum absolute atomic E-state index is 13.5. The van der Waals surface area contributed by atoms with Crippen molar-refractivity contribution >= 4 is 11.6 Å². The normalized spacial score (nSPS) is 16.7. The molecule has 7 heteroatoms. The van der Waals surface area contributed by atoms with Crippen molar-refractivity contribution in [3.8, 4) is 0 Å². The van der Waals surface area contributed by atoms with E-state index in [2.05, 4.69) is 9.97 Å². The quantitative estimate of drug-likeness (QED) is 0.481. The number of fused-ring (bicyclic) bond motifs is 1. The first-order valence-electron chi connectivity index (χ1n) is 10.5. The van der Waals surface area contributed by atoms with Gasteiger partial charge in [0.25, 0.3) is 5.91 Å². The SMILES string of the molecule is Cc1cccc2nc(C(=O)N3CCCCC3c3ncc(Cc4cccc(F)c4)o3)cn12. The van der Waals surface area contributed by atoms with Crippen molar-refractivity contribution in [1.82, 2.24) is 19.3 Å². The monoisotopic (exact) mass is 418 g/mol. The van der Waals surface area contributed by atoms with E-state index in [1.54, 1.807) is 18.5 Å². The number of carbonyl (C=O) groups is 1. The Labute approximate surface area is 179 Å². The van der Waals surface area contributed by atoms with Crippen LogP contribution in [0, 0.1) is 12.7 Å². The summed E-state index contributed by atoms with van der Waals surface area (Å²) in [5, 5.41) is 0. The number of rotatable bonds is 4. The zero-order valence-corrected chi connectivity index (χ0v) is 17.3. The summed E-state index contributed by atoms with van der Waals surface area (Å²) >= 11 is 0. The number of halogens is 1. The highest BCUT2D eigenvalue weighted by Crippen LogP contribution is 2.32. The van der Waals surface area contributed by atoms with E-state index in [4.69, 9.17) is 4.42 Å². The fourth-order valence-electron chi connectivity index (χ4n) is 4.24. The summed E-state index contributed by atoms with van der Waals surface area (Å²) in [6.07, 6.45) is 6.65. The summed E-state index contributed by atoms with van der Waals surface area (Å²) in [5.74, 6) is 0.794. The van der Waals surface area contributed by atoms with Gasteiger partial charge in [0.15, 0.2) is 0 Å². The third-order valence-corrected chi connectivity index (χ3v) is 5.80. The number of imidazole rings is 1. The minimum atomic E-state index is -0.274. The predicted molar refractivity (Wildman–Crippen MR) is 113 cm³/mol. The van der Waals surface area contributed by atoms with E-state index in [-0.39, 0.29) is 17.8 Å². The summed E-state index contributed by atoms with van der Waals surface area (Å²) in [7, 11) is 0. The number of aryl methyl sites for hydroxylation is 1. The molecule has 0 saturated carbocycles. The average molecular weight is 418 g/mol. The number of likely N-dealkylation sites (tertiary alicyclic amines) is 1. The van der Waals surface area contributed by atoms with Crippen LogP contribution in [0.25, 0.3) is 5.65 Å². The van der Waals surface area contributed by atoms with Crippen molar-refractivity contribution in [3.05, 3.63) is 89.3 Å². The van der Waals surface area contributed by atoms with Crippen LogP contribution < -0.4 is 0 Å². The van der Waals surface area contributed by atoms with E-state index in [0.29, 0.717) is 30.3 Å². The lowest BCUT2D eigenvalue weighted by Crippen LogP contribution is -2.38. The molecule has 0 aliphatic carbocycles. The van der Waals surface area contributed by atoms with Gasteiger partial charge in [-0.1, -0.05) is 18.2 Å². The van der Waals surface area contributed by atoms with Gasteiger partial charge in [-0.25, -0.2) is 14.4 Å². The molecule has 0 bridgehead atoms. The lowest BCUT2D eigenvalue weighted by atomic mass is 10.0. The molecule has 158 valence electrons. The molecule has 1 aromatic carbocycles. The molecule has 0 spiro atoms. The summed E-state index contributed by atoms with van der Waals surface area (Å²) in [5.41, 5.74) is 3.02. The number of oxazole rings is 1. The zero-order valence-electron chi connectivity index (χ0n) is 17.3. The molecule has 31 heavy (non-hydrogen) atoms. The standard InChI is InChI=1S/C24H23FN4O2/c1-16-6-4-10-22-27-20(15-29(16)22)24(30)28-11-3-2-9-21(28)23-26-14-19(31-23)13-17-7-5-8-18(25)12-17/h4-8,10,12,14-15,21H,2-3,9,11,13H2,1H3. The largest absolute Gasteiger partial charge is 0.443 e. The molecule has 5 rings (SSSR count). The summed E-state index contributed by atoms with van der Waals surface area (Å²) < 4.78 is 21.4. The predicted octanol–water partition coefficient (Wildman–Crippen LogP) is 4.73. The summed E-state index contributed by atoms with van der Waals surface area (Å²) in [6.45, 7) is 2.62. The van der Waals surface area contributed by atoms with Gasteiger partial charge in [-0.2, -0.15) is 0 Å². The molecule has 1 atom stereocenters. The fraction of sp³-hybridized carbons (Fsp3) is 0.292. The molecule has 1 amide bonds. The fourth-order valence-corrected chi connectivity index (χ4v) is 4.24. The van der Waals surface area contributed by atoms with E-state index in [1.807, 2.05) is 40.5 Å². The smallest absolute Gasteiger partial charge is 0.274 e. The summed E-state index contributed by atoms with van der Waals surface area (Å²) in [6, 6.07) is 12.0.